The standard InChI is InChI=1S/C24H29N3O4/c1-2-3-14-31-21-12-8-18(9-13-21)23(29)26-16-22(28)25-15-17-4-10-20(11-5-17)27-24(30)19-6-7-19/h4-5,8-13,19H,2-3,6-7,14-16H2,1H3,(H,25,28)(H,26,29)(H,27,30). The molecule has 0 saturated heterocycles. The first kappa shape index (κ1) is 22.3. The summed E-state index contributed by atoms with van der Waals surface area (Å²) < 4.78 is 5.58. The Morgan fingerprint density at radius 2 is 1.68 bits per heavy atom. The Bertz CT molecular complexity index is 890. The third-order valence-electron chi connectivity index (χ3n) is 4.95. The molecule has 0 spiro atoms. The number of hydrogen-bond acceptors (Lipinski definition) is 4. The second-order valence-corrected chi connectivity index (χ2v) is 7.65. The molecule has 0 aromatic heterocycles. The number of carbonyl (C=O) groups excluding carboxylic acids is 3. The maximum atomic E-state index is 12.2. The number of carbonyl (C=O) groups is 3. The lowest BCUT2D eigenvalue weighted by atomic mass is 10.2. The second kappa shape index (κ2) is 11.2. The van der Waals surface area contributed by atoms with Crippen LogP contribution in [-0.4, -0.2) is 30.9 Å². The fourth-order valence-corrected chi connectivity index (χ4v) is 2.86. The normalized spacial score (nSPS) is 12.7. The van der Waals surface area contributed by atoms with Gasteiger partial charge in [0.15, 0.2) is 0 Å². The molecule has 0 unspecified atom stereocenters. The summed E-state index contributed by atoms with van der Waals surface area (Å²) >= 11 is 0. The number of hydrogen-bond donors (Lipinski definition) is 3. The number of rotatable bonds is 11. The largest absolute Gasteiger partial charge is 0.494 e. The van der Waals surface area contributed by atoms with Crippen molar-refractivity contribution in [2.75, 3.05) is 18.5 Å². The summed E-state index contributed by atoms with van der Waals surface area (Å²) in [5.74, 6) is 0.354. The molecule has 1 fully saturated rings. The Morgan fingerprint density at radius 1 is 0.968 bits per heavy atom. The fourth-order valence-electron chi connectivity index (χ4n) is 2.86. The quantitative estimate of drug-likeness (QED) is 0.483. The molecule has 0 radical (unpaired) electrons. The molecule has 0 bridgehead atoms. The van der Waals surface area contributed by atoms with Crippen molar-refractivity contribution < 1.29 is 19.1 Å². The molecular weight excluding hydrogens is 394 g/mol. The molecule has 3 rings (SSSR count). The molecule has 2 aromatic rings. The zero-order chi connectivity index (χ0) is 22.1. The molecule has 0 atom stereocenters. The van der Waals surface area contributed by atoms with Crippen molar-refractivity contribution in [1.29, 1.82) is 0 Å². The van der Waals surface area contributed by atoms with Gasteiger partial charge in [-0.3, -0.25) is 14.4 Å². The Kier molecular flexibility index (Phi) is 8.04. The van der Waals surface area contributed by atoms with Gasteiger partial charge in [0.2, 0.25) is 11.8 Å². The van der Waals surface area contributed by atoms with Crippen molar-refractivity contribution in [3.05, 3.63) is 59.7 Å². The summed E-state index contributed by atoms with van der Waals surface area (Å²) in [6, 6.07) is 14.2. The topological polar surface area (TPSA) is 96.5 Å². The van der Waals surface area contributed by atoms with Gasteiger partial charge in [-0.2, -0.15) is 0 Å². The molecule has 7 heteroatoms. The van der Waals surface area contributed by atoms with Gasteiger partial charge in [-0.05, 0) is 61.2 Å². The van der Waals surface area contributed by atoms with Gasteiger partial charge in [0.25, 0.3) is 5.91 Å². The molecule has 0 heterocycles. The monoisotopic (exact) mass is 423 g/mol. The van der Waals surface area contributed by atoms with Crippen LogP contribution in [0.3, 0.4) is 0 Å². The van der Waals surface area contributed by atoms with Crippen LogP contribution in [0.25, 0.3) is 0 Å². The average molecular weight is 424 g/mol. The van der Waals surface area contributed by atoms with Crippen molar-refractivity contribution in [1.82, 2.24) is 10.6 Å². The Hall–Kier alpha value is -3.35. The third kappa shape index (κ3) is 7.44. The minimum atomic E-state index is -0.314. The number of ether oxygens (including phenoxy) is 1. The lowest BCUT2D eigenvalue weighted by molar-refractivity contribution is -0.120. The molecular formula is C24H29N3O4. The van der Waals surface area contributed by atoms with E-state index in [1.165, 1.54) is 0 Å². The highest BCUT2D eigenvalue weighted by Crippen LogP contribution is 2.30. The van der Waals surface area contributed by atoms with Gasteiger partial charge in [-0.15, -0.1) is 0 Å². The highest BCUT2D eigenvalue weighted by Gasteiger charge is 2.29. The van der Waals surface area contributed by atoms with Crippen molar-refractivity contribution in [2.24, 2.45) is 5.92 Å². The molecule has 3 N–H and O–H groups in total. The smallest absolute Gasteiger partial charge is 0.251 e. The van der Waals surface area contributed by atoms with E-state index in [4.69, 9.17) is 4.74 Å². The molecule has 2 aromatic carbocycles. The number of benzene rings is 2. The van der Waals surface area contributed by atoms with Gasteiger partial charge in [0, 0.05) is 23.7 Å². The third-order valence-corrected chi connectivity index (χ3v) is 4.95. The van der Waals surface area contributed by atoms with Crippen LogP contribution in [0.1, 0.15) is 48.5 Å². The summed E-state index contributed by atoms with van der Waals surface area (Å²) in [6.45, 7) is 2.98. The second-order valence-electron chi connectivity index (χ2n) is 7.65. The van der Waals surface area contributed by atoms with Gasteiger partial charge < -0.3 is 20.7 Å². The van der Waals surface area contributed by atoms with Crippen molar-refractivity contribution in [3.8, 4) is 5.75 Å². The van der Waals surface area contributed by atoms with Crippen LogP contribution in [0, 0.1) is 5.92 Å². The lowest BCUT2D eigenvalue weighted by Gasteiger charge is -2.09. The molecule has 1 saturated carbocycles. The first-order valence-corrected chi connectivity index (χ1v) is 10.7. The van der Waals surface area contributed by atoms with Crippen LogP contribution in [0.15, 0.2) is 48.5 Å². The maximum absolute atomic E-state index is 12.2. The van der Waals surface area contributed by atoms with Crippen LogP contribution in [0.4, 0.5) is 5.69 Å². The predicted molar refractivity (Wildman–Crippen MR) is 119 cm³/mol. The number of anilines is 1. The first-order chi connectivity index (χ1) is 15.0. The molecule has 7 nitrogen and oxygen atoms in total. The minimum Gasteiger partial charge on any atom is -0.494 e. The highest BCUT2D eigenvalue weighted by molar-refractivity contribution is 5.96. The van der Waals surface area contributed by atoms with E-state index in [0.29, 0.717) is 18.7 Å². The summed E-state index contributed by atoms with van der Waals surface area (Å²) in [5.41, 5.74) is 2.13. The predicted octanol–water partition coefficient (Wildman–Crippen LogP) is 3.26. The zero-order valence-electron chi connectivity index (χ0n) is 17.8. The van der Waals surface area contributed by atoms with Crippen LogP contribution < -0.4 is 20.7 Å². The summed E-state index contributed by atoms with van der Waals surface area (Å²) in [7, 11) is 0. The lowest BCUT2D eigenvalue weighted by Crippen LogP contribution is -2.36. The van der Waals surface area contributed by atoms with Gasteiger partial charge in [0.1, 0.15) is 5.75 Å². The van der Waals surface area contributed by atoms with Crippen molar-refractivity contribution >= 4 is 23.4 Å². The number of unbranched alkanes of at least 4 members (excludes halogenated alkanes) is 1. The summed E-state index contributed by atoms with van der Waals surface area (Å²) in [5, 5.41) is 8.26. The molecule has 1 aliphatic carbocycles. The molecule has 164 valence electrons. The highest BCUT2D eigenvalue weighted by atomic mass is 16.5. The van der Waals surface area contributed by atoms with E-state index < -0.39 is 0 Å². The van der Waals surface area contributed by atoms with Gasteiger partial charge >= 0.3 is 0 Å². The molecule has 1 aliphatic rings. The zero-order valence-corrected chi connectivity index (χ0v) is 17.8. The SMILES string of the molecule is CCCCOc1ccc(C(=O)NCC(=O)NCc2ccc(NC(=O)C3CC3)cc2)cc1. The Labute approximate surface area is 182 Å². The first-order valence-electron chi connectivity index (χ1n) is 10.7. The number of nitrogens with one attached hydrogen (secondary N) is 3. The van der Waals surface area contributed by atoms with E-state index >= 15 is 0 Å². The van der Waals surface area contributed by atoms with E-state index in [9.17, 15) is 14.4 Å². The average Bonchev–Trinajstić information content (AvgIpc) is 3.63. The van der Waals surface area contributed by atoms with Gasteiger partial charge in [-0.1, -0.05) is 25.5 Å². The Balaban J connectivity index is 1.36. The van der Waals surface area contributed by atoms with Crippen molar-refractivity contribution in [2.45, 2.75) is 39.2 Å². The molecule has 31 heavy (non-hydrogen) atoms. The summed E-state index contributed by atoms with van der Waals surface area (Å²) in [4.78, 5) is 36.0. The molecule has 3 amide bonds. The van der Waals surface area contributed by atoms with E-state index in [1.807, 2.05) is 24.3 Å². The van der Waals surface area contributed by atoms with Crippen LogP contribution in [0.5, 0.6) is 5.75 Å². The summed E-state index contributed by atoms with van der Waals surface area (Å²) in [6.07, 6.45) is 3.97. The Morgan fingerprint density at radius 3 is 2.32 bits per heavy atom. The van der Waals surface area contributed by atoms with E-state index in [2.05, 4.69) is 22.9 Å². The van der Waals surface area contributed by atoms with E-state index in [1.54, 1.807) is 24.3 Å². The fraction of sp³-hybridized carbons (Fsp3) is 0.375. The van der Waals surface area contributed by atoms with Crippen LogP contribution >= 0.6 is 0 Å². The van der Waals surface area contributed by atoms with E-state index in [0.717, 1.165) is 42.7 Å². The number of amides is 3. The van der Waals surface area contributed by atoms with Gasteiger partial charge in [-0.25, -0.2) is 0 Å². The van der Waals surface area contributed by atoms with Crippen LogP contribution in [0.2, 0.25) is 0 Å². The van der Waals surface area contributed by atoms with E-state index in [-0.39, 0.29) is 30.2 Å². The molecule has 0 aliphatic heterocycles. The maximum Gasteiger partial charge on any atom is 0.251 e. The van der Waals surface area contributed by atoms with Crippen LogP contribution in [-0.2, 0) is 16.1 Å². The minimum absolute atomic E-state index is 0.0652. The van der Waals surface area contributed by atoms with Gasteiger partial charge in [0.05, 0.1) is 13.2 Å². The van der Waals surface area contributed by atoms with Crippen molar-refractivity contribution in [3.63, 3.8) is 0 Å².